The Kier molecular flexibility index (Phi) is 9.39. The molecule has 0 nitrogen and oxygen atoms in total. The molecule has 2 atom stereocenters. The molecule has 0 N–H and O–H groups in total. The summed E-state index contributed by atoms with van der Waals surface area (Å²) in [5, 5.41) is 0. The van der Waals surface area contributed by atoms with Gasteiger partial charge in [-0.3, -0.25) is 0 Å². The first-order chi connectivity index (χ1) is 11.3. The number of unbranched alkanes of at least 4 members (excludes halogenated alkanes) is 2. The Morgan fingerprint density at radius 3 is 2.22 bits per heavy atom. The highest BCUT2D eigenvalue weighted by atomic mass is 14.3. The fraction of sp³-hybridized carbons (Fsp3) is 0.913. The quantitative estimate of drug-likeness (QED) is 0.299. The van der Waals surface area contributed by atoms with E-state index in [-0.39, 0.29) is 0 Å². The monoisotopic (exact) mass is 318 g/mol. The van der Waals surface area contributed by atoms with Crippen LogP contribution in [-0.4, -0.2) is 0 Å². The molecule has 0 bridgehead atoms. The SMILES string of the molecule is CCC/C=C/C1CCCCC1CCCC[C@H]1CC[C@H](CC)CC1. The van der Waals surface area contributed by atoms with E-state index in [4.69, 9.17) is 0 Å². The summed E-state index contributed by atoms with van der Waals surface area (Å²) >= 11 is 0. The average molecular weight is 319 g/mol. The maximum atomic E-state index is 2.58. The van der Waals surface area contributed by atoms with Gasteiger partial charge < -0.3 is 0 Å². The summed E-state index contributed by atoms with van der Waals surface area (Å²) in [5.74, 6) is 4.05. The van der Waals surface area contributed by atoms with E-state index in [0.717, 1.165) is 23.7 Å². The van der Waals surface area contributed by atoms with Gasteiger partial charge in [-0.25, -0.2) is 0 Å². The van der Waals surface area contributed by atoms with Gasteiger partial charge in [-0.1, -0.05) is 96.6 Å². The molecule has 23 heavy (non-hydrogen) atoms. The first-order valence-electron chi connectivity index (χ1n) is 11.0. The summed E-state index contributed by atoms with van der Waals surface area (Å²) in [6.07, 6.45) is 27.1. The Morgan fingerprint density at radius 1 is 0.783 bits per heavy atom. The minimum Gasteiger partial charge on any atom is -0.0883 e. The van der Waals surface area contributed by atoms with Crippen molar-refractivity contribution in [2.45, 2.75) is 110 Å². The van der Waals surface area contributed by atoms with E-state index in [2.05, 4.69) is 26.0 Å². The van der Waals surface area contributed by atoms with Crippen molar-refractivity contribution in [2.75, 3.05) is 0 Å². The van der Waals surface area contributed by atoms with Gasteiger partial charge in [-0.2, -0.15) is 0 Å². The zero-order chi connectivity index (χ0) is 16.3. The first kappa shape index (κ1) is 19.1. The lowest BCUT2D eigenvalue weighted by atomic mass is 9.75. The van der Waals surface area contributed by atoms with Gasteiger partial charge >= 0.3 is 0 Å². The van der Waals surface area contributed by atoms with Crippen LogP contribution in [0.2, 0.25) is 0 Å². The Hall–Kier alpha value is -0.260. The van der Waals surface area contributed by atoms with Crippen LogP contribution in [0.5, 0.6) is 0 Å². The van der Waals surface area contributed by atoms with Crippen LogP contribution in [0, 0.1) is 23.7 Å². The van der Waals surface area contributed by atoms with Crippen LogP contribution in [0.25, 0.3) is 0 Å². The molecule has 2 aliphatic carbocycles. The molecule has 2 fully saturated rings. The highest BCUT2D eigenvalue weighted by Crippen LogP contribution is 2.36. The standard InChI is InChI=1S/C23H42/c1-3-5-6-12-22-14-9-10-15-23(22)13-8-7-11-21-18-16-20(4-2)17-19-21/h6,12,20-23H,3-5,7-11,13-19H2,1-2H3/b12-6+/t20-,21-,22?,23?. The van der Waals surface area contributed by atoms with E-state index in [1.165, 1.54) is 96.3 Å². The number of rotatable bonds is 9. The fourth-order valence-corrected chi connectivity index (χ4v) is 5.05. The van der Waals surface area contributed by atoms with Crippen molar-refractivity contribution in [1.82, 2.24) is 0 Å². The van der Waals surface area contributed by atoms with Crippen LogP contribution in [-0.2, 0) is 0 Å². The van der Waals surface area contributed by atoms with Gasteiger partial charge in [-0.05, 0) is 49.4 Å². The van der Waals surface area contributed by atoms with Crippen molar-refractivity contribution in [3.63, 3.8) is 0 Å². The third-order valence-corrected chi connectivity index (χ3v) is 6.79. The fourth-order valence-electron chi connectivity index (χ4n) is 5.05. The first-order valence-corrected chi connectivity index (χ1v) is 11.0. The van der Waals surface area contributed by atoms with Gasteiger partial charge in [0.25, 0.3) is 0 Å². The molecule has 0 aromatic carbocycles. The predicted molar refractivity (Wildman–Crippen MR) is 104 cm³/mol. The van der Waals surface area contributed by atoms with E-state index in [1.807, 2.05) is 0 Å². The largest absolute Gasteiger partial charge is 0.0883 e. The molecule has 0 spiro atoms. The van der Waals surface area contributed by atoms with Gasteiger partial charge in [0, 0.05) is 0 Å². The van der Waals surface area contributed by atoms with Crippen LogP contribution < -0.4 is 0 Å². The molecular formula is C23H42. The number of allylic oxidation sites excluding steroid dienone is 2. The topological polar surface area (TPSA) is 0 Å². The maximum absolute atomic E-state index is 2.58. The van der Waals surface area contributed by atoms with Gasteiger partial charge in [-0.15, -0.1) is 0 Å². The normalized spacial score (nSPS) is 32.4. The van der Waals surface area contributed by atoms with Gasteiger partial charge in [0.15, 0.2) is 0 Å². The molecular weight excluding hydrogens is 276 g/mol. The Morgan fingerprint density at radius 2 is 1.48 bits per heavy atom. The molecule has 0 saturated heterocycles. The minimum atomic E-state index is 0.912. The summed E-state index contributed by atoms with van der Waals surface area (Å²) in [6, 6.07) is 0. The zero-order valence-corrected chi connectivity index (χ0v) is 16.1. The Balaban J connectivity index is 1.60. The minimum absolute atomic E-state index is 0.912. The van der Waals surface area contributed by atoms with E-state index in [0.29, 0.717) is 0 Å². The molecule has 2 saturated carbocycles. The second kappa shape index (κ2) is 11.3. The van der Waals surface area contributed by atoms with E-state index < -0.39 is 0 Å². The third kappa shape index (κ3) is 7.02. The molecule has 0 aliphatic heterocycles. The predicted octanol–water partition coefficient (Wildman–Crippen LogP) is 7.93. The lowest BCUT2D eigenvalue weighted by Gasteiger charge is -2.30. The third-order valence-electron chi connectivity index (χ3n) is 6.79. The van der Waals surface area contributed by atoms with Crippen molar-refractivity contribution in [3.8, 4) is 0 Å². The lowest BCUT2D eigenvalue weighted by molar-refractivity contribution is 0.239. The van der Waals surface area contributed by atoms with Gasteiger partial charge in [0.05, 0.1) is 0 Å². The highest BCUT2D eigenvalue weighted by Gasteiger charge is 2.23. The van der Waals surface area contributed by atoms with Crippen molar-refractivity contribution >= 4 is 0 Å². The smallest absolute Gasteiger partial charge is 0.0205 e. The molecule has 0 aromatic heterocycles. The maximum Gasteiger partial charge on any atom is -0.0205 e. The number of hydrogen-bond acceptors (Lipinski definition) is 0. The molecule has 134 valence electrons. The van der Waals surface area contributed by atoms with E-state index in [9.17, 15) is 0 Å². The number of hydrogen-bond donors (Lipinski definition) is 0. The van der Waals surface area contributed by atoms with Gasteiger partial charge in [0.1, 0.15) is 0 Å². The van der Waals surface area contributed by atoms with Crippen LogP contribution in [0.3, 0.4) is 0 Å². The molecule has 0 heteroatoms. The van der Waals surface area contributed by atoms with E-state index >= 15 is 0 Å². The van der Waals surface area contributed by atoms with Crippen LogP contribution in [0.15, 0.2) is 12.2 Å². The summed E-state index contributed by atoms with van der Waals surface area (Å²) in [5.41, 5.74) is 0. The van der Waals surface area contributed by atoms with Crippen LogP contribution >= 0.6 is 0 Å². The average Bonchev–Trinajstić information content (AvgIpc) is 2.60. The van der Waals surface area contributed by atoms with Crippen molar-refractivity contribution in [1.29, 1.82) is 0 Å². The molecule has 0 radical (unpaired) electrons. The lowest BCUT2D eigenvalue weighted by Crippen LogP contribution is -2.18. The van der Waals surface area contributed by atoms with Crippen molar-refractivity contribution < 1.29 is 0 Å². The second-order valence-corrected chi connectivity index (χ2v) is 8.50. The van der Waals surface area contributed by atoms with Crippen molar-refractivity contribution in [2.24, 2.45) is 23.7 Å². The van der Waals surface area contributed by atoms with Crippen LogP contribution in [0.1, 0.15) is 110 Å². The zero-order valence-electron chi connectivity index (χ0n) is 16.1. The second-order valence-electron chi connectivity index (χ2n) is 8.50. The summed E-state index contributed by atoms with van der Waals surface area (Å²) in [6.45, 7) is 4.66. The molecule has 2 unspecified atom stereocenters. The van der Waals surface area contributed by atoms with E-state index in [1.54, 1.807) is 0 Å². The highest BCUT2D eigenvalue weighted by molar-refractivity contribution is 4.93. The molecule has 2 rings (SSSR count). The molecule has 0 amide bonds. The Bertz CT molecular complexity index is 308. The summed E-state index contributed by atoms with van der Waals surface area (Å²) in [4.78, 5) is 0. The summed E-state index contributed by atoms with van der Waals surface area (Å²) in [7, 11) is 0. The molecule has 0 aromatic rings. The molecule has 0 heterocycles. The summed E-state index contributed by atoms with van der Waals surface area (Å²) < 4.78 is 0. The van der Waals surface area contributed by atoms with Gasteiger partial charge in [0.2, 0.25) is 0 Å². The molecule has 2 aliphatic rings. The Labute approximate surface area is 146 Å². The van der Waals surface area contributed by atoms with Crippen molar-refractivity contribution in [3.05, 3.63) is 12.2 Å². The van der Waals surface area contributed by atoms with Crippen LogP contribution in [0.4, 0.5) is 0 Å².